The van der Waals surface area contributed by atoms with Crippen LogP contribution < -0.4 is 4.31 Å². The van der Waals surface area contributed by atoms with Crippen LogP contribution in [-0.2, 0) is 12.8 Å². The van der Waals surface area contributed by atoms with Crippen LogP contribution in [0.25, 0.3) is 0 Å². The molecule has 0 spiro atoms. The molecule has 2 aliphatic heterocycles. The van der Waals surface area contributed by atoms with Crippen molar-refractivity contribution in [1.29, 1.82) is 0 Å². The SMILES string of the molecule is Cc1cc2c(c(C)c1C)N(S)C(=CC=CC1=[N+](C)c3c(cc(C)c(C)c3C)C1)C2. The highest BCUT2D eigenvalue weighted by Crippen LogP contribution is 2.41. The number of nitrogens with zero attached hydrogens (tertiary/aromatic N) is 2. The Hall–Kier alpha value is -2.26. The highest BCUT2D eigenvalue weighted by molar-refractivity contribution is 7.82. The van der Waals surface area contributed by atoms with Crippen molar-refractivity contribution in [2.24, 2.45) is 0 Å². The maximum atomic E-state index is 4.81. The lowest BCUT2D eigenvalue weighted by atomic mass is 9.97. The second-order valence-corrected chi connectivity index (χ2v) is 9.04. The van der Waals surface area contributed by atoms with Crippen molar-refractivity contribution in [2.45, 2.75) is 54.4 Å². The van der Waals surface area contributed by atoms with E-state index in [1.807, 2.05) is 0 Å². The largest absolute Gasteiger partial charge is 0.290 e. The average Bonchev–Trinajstić information content (AvgIpc) is 3.15. The van der Waals surface area contributed by atoms with Crippen LogP contribution in [0.3, 0.4) is 0 Å². The van der Waals surface area contributed by atoms with E-state index in [1.165, 1.54) is 67.3 Å². The number of hydrogen-bond acceptors (Lipinski definition) is 2. The number of allylic oxidation sites excluding steroid dienone is 4. The molecule has 29 heavy (non-hydrogen) atoms. The summed E-state index contributed by atoms with van der Waals surface area (Å²) in [5, 5.41) is 0. The molecule has 0 aromatic heterocycles. The first kappa shape index (κ1) is 20.0. The maximum Gasteiger partial charge on any atom is 0.212 e. The third-order valence-corrected chi connectivity index (χ3v) is 7.44. The van der Waals surface area contributed by atoms with Crippen LogP contribution in [0.15, 0.2) is 36.1 Å². The lowest BCUT2D eigenvalue weighted by molar-refractivity contribution is -0.401. The molecule has 0 aliphatic carbocycles. The monoisotopic (exact) mass is 403 g/mol. The van der Waals surface area contributed by atoms with Crippen molar-refractivity contribution >= 4 is 29.9 Å². The van der Waals surface area contributed by atoms with Gasteiger partial charge in [0.2, 0.25) is 5.69 Å². The number of fused-ring (bicyclic) bond motifs is 2. The summed E-state index contributed by atoms with van der Waals surface area (Å²) >= 11 is 4.81. The van der Waals surface area contributed by atoms with Crippen molar-refractivity contribution in [3.63, 3.8) is 0 Å². The van der Waals surface area contributed by atoms with E-state index in [2.05, 4.69) is 87.8 Å². The summed E-state index contributed by atoms with van der Waals surface area (Å²) in [7, 11) is 2.19. The molecule has 2 aliphatic rings. The minimum atomic E-state index is 0.939. The predicted octanol–water partition coefficient (Wildman–Crippen LogP) is 6.16. The van der Waals surface area contributed by atoms with Gasteiger partial charge in [-0.1, -0.05) is 25.0 Å². The molecule has 2 aromatic carbocycles. The van der Waals surface area contributed by atoms with Gasteiger partial charge in [-0.05, 0) is 87.1 Å². The fraction of sp³-hybridized carbons (Fsp3) is 0.346. The summed E-state index contributed by atoms with van der Waals surface area (Å²) < 4.78 is 4.42. The van der Waals surface area contributed by atoms with Crippen molar-refractivity contribution in [3.8, 4) is 0 Å². The first-order chi connectivity index (χ1) is 13.7. The van der Waals surface area contributed by atoms with E-state index in [-0.39, 0.29) is 0 Å². The molecule has 2 heterocycles. The third kappa shape index (κ3) is 3.16. The number of rotatable bonds is 2. The van der Waals surface area contributed by atoms with Gasteiger partial charge in [0, 0.05) is 29.3 Å². The molecular weight excluding hydrogens is 372 g/mol. The normalized spacial score (nSPS) is 17.1. The summed E-state index contributed by atoms with van der Waals surface area (Å²) in [6.45, 7) is 13.3. The van der Waals surface area contributed by atoms with Crippen LogP contribution in [0.2, 0.25) is 0 Å². The minimum absolute atomic E-state index is 0.939. The number of anilines is 1. The fourth-order valence-corrected chi connectivity index (χ4v) is 5.19. The molecule has 2 nitrogen and oxygen atoms in total. The first-order valence-corrected chi connectivity index (χ1v) is 10.8. The van der Waals surface area contributed by atoms with Gasteiger partial charge in [0.05, 0.1) is 12.1 Å². The highest BCUT2D eigenvalue weighted by atomic mass is 32.1. The molecule has 0 saturated heterocycles. The summed E-state index contributed by atoms with van der Waals surface area (Å²) in [5.41, 5.74) is 16.3. The molecule has 0 unspecified atom stereocenters. The van der Waals surface area contributed by atoms with Crippen molar-refractivity contribution in [2.75, 3.05) is 11.4 Å². The van der Waals surface area contributed by atoms with Crippen molar-refractivity contribution < 1.29 is 4.58 Å². The molecule has 3 heteroatoms. The Balaban J connectivity index is 1.61. The summed E-state index contributed by atoms with van der Waals surface area (Å²) in [6, 6.07) is 4.67. The van der Waals surface area contributed by atoms with Gasteiger partial charge in [-0.15, -0.1) is 0 Å². The first-order valence-electron chi connectivity index (χ1n) is 10.4. The van der Waals surface area contributed by atoms with E-state index < -0.39 is 0 Å². The van der Waals surface area contributed by atoms with E-state index in [1.54, 1.807) is 0 Å². The van der Waals surface area contributed by atoms with E-state index in [9.17, 15) is 0 Å². The van der Waals surface area contributed by atoms with E-state index in [0.29, 0.717) is 0 Å². The molecule has 0 saturated carbocycles. The lowest BCUT2D eigenvalue weighted by Gasteiger charge is -2.17. The van der Waals surface area contributed by atoms with E-state index >= 15 is 0 Å². The van der Waals surface area contributed by atoms with Gasteiger partial charge in [-0.25, -0.2) is 0 Å². The zero-order valence-electron chi connectivity index (χ0n) is 18.6. The Kier molecular flexibility index (Phi) is 4.98. The average molecular weight is 404 g/mol. The molecule has 0 fully saturated rings. The van der Waals surface area contributed by atoms with Crippen molar-refractivity contribution in [1.82, 2.24) is 0 Å². The Morgan fingerprint density at radius 3 is 2.17 bits per heavy atom. The lowest BCUT2D eigenvalue weighted by Crippen LogP contribution is -2.07. The van der Waals surface area contributed by atoms with Crippen molar-refractivity contribution in [3.05, 3.63) is 80.6 Å². The second kappa shape index (κ2) is 7.21. The van der Waals surface area contributed by atoms with Gasteiger partial charge in [-0.2, -0.15) is 4.58 Å². The van der Waals surface area contributed by atoms with Crippen LogP contribution in [0.5, 0.6) is 0 Å². The molecule has 0 amide bonds. The number of thiol groups is 1. The second-order valence-electron chi connectivity index (χ2n) is 8.64. The van der Waals surface area contributed by atoms with Crippen LogP contribution in [0.1, 0.15) is 44.5 Å². The van der Waals surface area contributed by atoms with Gasteiger partial charge >= 0.3 is 0 Å². The third-order valence-electron chi connectivity index (χ3n) is 6.98. The number of benzene rings is 2. The van der Waals surface area contributed by atoms with Gasteiger partial charge in [-0.3, -0.25) is 4.31 Å². The Morgan fingerprint density at radius 1 is 0.862 bits per heavy atom. The fourth-order valence-electron chi connectivity index (χ4n) is 4.78. The number of aryl methyl sites for hydroxylation is 2. The van der Waals surface area contributed by atoms with E-state index in [0.717, 1.165) is 12.8 Å². The smallest absolute Gasteiger partial charge is 0.212 e. The molecule has 4 rings (SSSR count). The van der Waals surface area contributed by atoms with Gasteiger partial charge in [0.25, 0.3) is 0 Å². The Morgan fingerprint density at radius 2 is 1.48 bits per heavy atom. The quantitative estimate of drug-likeness (QED) is 0.466. The van der Waals surface area contributed by atoms with E-state index in [4.69, 9.17) is 12.8 Å². The van der Waals surface area contributed by atoms with Crippen LogP contribution in [-0.4, -0.2) is 17.3 Å². The summed E-state index contributed by atoms with van der Waals surface area (Å²) in [4.78, 5) is 0. The molecular formula is C26H31N2S+. The summed E-state index contributed by atoms with van der Waals surface area (Å²) in [6.07, 6.45) is 8.59. The van der Waals surface area contributed by atoms with Crippen LogP contribution in [0.4, 0.5) is 11.4 Å². The van der Waals surface area contributed by atoms with Gasteiger partial charge < -0.3 is 0 Å². The van der Waals surface area contributed by atoms with Crippen LogP contribution in [0, 0.1) is 41.5 Å². The van der Waals surface area contributed by atoms with Gasteiger partial charge in [0.15, 0.2) is 5.71 Å². The Bertz CT molecular complexity index is 1130. The molecule has 0 bridgehead atoms. The standard InChI is InChI=1S/C26H31N2S/c1-15-11-21-13-23(27(7)25(21)19(5)17(15)3)9-8-10-24-14-22-12-16(2)18(4)20(6)26(22)28(24)29/h8-12,29H,13-14H2,1-7H3/q+1. The molecule has 2 aromatic rings. The topological polar surface area (TPSA) is 6.25 Å². The number of hydrogen-bond donors (Lipinski definition) is 1. The molecule has 0 N–H and O–H groups in total. The predicted molar refractivity (Wildman–Crippen MR) is 128 cm³/mol. The maximum absolute atomic E-state index is 4.81. The minimum Gasteiger partial charge on any atom is -0.290 e. The molecule has 0 radical (unpaired) electrons. The highest BCUT2D eigenvalue weighted by Gasteiger charge is 2.29. The zero-order chi connectivity index (χ0) is 21.0. The van der Waals surface area contributed by atoms with Crippen LogP contribution >= 0.6 is 12.8 Å². The summed E-state index contributed by atoms with van der Waals surface area (Å²) in [5.74, 6) is 0. The Labute approximate surface area is 180 Å². The van der Waals surface area contributed by atoms with Gasteiger partial charge in [0.1, 0.15) is 7.05 Å². The molecule has 0 atom stereocenters. The zero-order valence-corrected chi connectivity index (χ0v) is 19.5. The molecule has 150 valence electrons.